The minimum absolute atomic E-state index is 0.0835. The zero-order chi connectivity index (χ0) is 30.2. The highest BCUT2D eigenvalue weighted by molar-refractivity contribution is 6.48. The third kappa shape index (κ3) is 8.36. The third-order valence-corrected chi connectivity index (χ3v) is 8.18. The molecule has 2 saturated heterocycles. The molecule has 0 radical (unpaired) electrons. The van der Waals surface area contributed by atoms with Crippen LogP contribution in [-0.2, 0) is 30.1 Å². The fourth-order valence-electron chi connectivity index (χ4n) is 4.94. The molecule has 2 unspecified atom stereocenters. The normalized spacial score (nSPS) is 19.1. The average Bonchev–Trinajstić information content (AvgIpc) is 3.21. The Balaban J connectivity index is 1.48. The van der Waals surface area contributed by atoms with E-state index in [2.05, 4.69) is 32.7 Å². The van der Waals surface area contributed by atoms with E-state index < -0.39 is 42.1 Å². The van der Waals surface area contributed by atoms with Gasteiger partial charge in [0, 0.05) is 31.9 Å². The number of ether oxygens (including phenoxy) is 1. The van der Waals surface area contributed by atoms with Crippen LogP contribution >= 0.6 is 0 Å². The van der Waals surface area contributed by atoms with Crippen molar-refractivity contribution in [3.8, 4) is 0 Å². The van der Waals surface area contributed by atoms with E-state index >= 15 is 0 Å². The molecule has 11 nitrogen and oxygen atoms in total. The van der Waals surface area contributed by atoms with Gasteiger partial charge in [-0.3, -0.25) is 19.4 Å². The van der Waals surface area contributed by atoms with E-state index in [1.807, 2.05) is 45.9 Å². The summed E-state index contributed by atoms with van der Waals surface area (Å²) in [5.41, 5.74) is 0.126. The lowest BCUT2D eigenvalue weighted by Crippen LogP contribution is -2.55. The van der Waals surface area contributed by atoms with Crippen LogP contribution in [0, 0.1) is 0 Å². The zero-order valence-corrected chi connectivity index (χ0v) is 25.0. The second-order valence-corrected chi connectivity index (χ2v) is 11.8. The Labute approximate surface area is 248 Å². The van der Waals surface area contributed by atoms with E-state index in [0.29, 0.717) is 32.7 Å². The number of aryl methyl sites for hydroxylation is 1. The van der Waals surface area contributed by atoms with Crippen molar-refractivity contribution in [1.82, 2.24) is 25.5 Å². The molecule has 2 fully saturated rings. The molecule has 2 aliphatic rings. The highest BCUT2D eigenvalue weighted by Gasteiger charge is 2.54. The molecular weight excluding hydrogens is 537 g/mol. The molecule has 1 aromatic carbocycles. The second-order valence-electron chi connectivity index (χ2n) is 11.8. The number of nitrogens with one attached hydrogen (secondary N) is 2. The highest BCUT2D eigenvalue weighted by atomic mass is 16.7. The van der Waals surface area contributed by atoms with Gasteiger partial charge in [-0.05, 0) is 58.9 Å². The van der Waals surface area contributed by atoms with Gasteiger partial charge < -0.3 is 29.6 Å². The van der Waals surface area contributed by atoms with Crippen molar-refractivity contribution in [3.63, 3.8) is 0 Å². The number of aromatic nitrogens is 2. The van der Waals surface area contributed by atoms with Crippen molar-refractivity contribution in [2.24, 2.45) is 0 Å². The molecule has 3 heterocycles. The summed E-state index contributed by atoms with van der Waals surface area (Å²) in [6.07, 6.45) is 6.62. The zero-order valence-electron chi connectivity index (χ0n) is 25.0. The number of carbonyl (C=O) groups is 3. The van der Waals surface area contributed by atoms with Gasteiger partial charge in [0.1, 0.15) is 11.7 Å². The Morgan fingerprint density at radius 3 is 2.31 bits per heavy atom. The lowest BCUT2D eigenvalue weighted by molar-refractivity contribution is -0.135. The van der Waals surface area contributed by atoms with Gasteiger partial charge in [-0.25, -0.2) is 4.98 Å². The van der Waals surface area contributed by atoms with Gasteiger partial charge in [-0.15, -0.1) is 0 Å². The molecule has 1 aromatic heterocycles. The number of nitrogens with zero attached hydrogens (tertiary/aromatic N) is 3. The number of hydrogen-bond acceptors (Lipinski definition) is 8. The van der Waals surface area contributed by atoms with Crippen molar-refractivity contribution in [2.45, 2.75) is 83.0 Å². The van der Waals surface area contributed by atoms with Crippen LogP contribution in [0.3, 0.4) is 0 Å². The van der Waals surface area contributed by atoms with Gasteiger partial charge in [0.15, 0.2) is 0 Å². The summed E-state index contributed by atoms with van der Waals surface area (Å²) >= 11 is 0. The molecule has 2 N–H and O–H groups in total. The predicted molar refractivity (Wildman–Crippen MR) is 157 cm³/mol. The Bertz CT molecular complexity index is 1180. The molecule has 2 aliphatic heterocycles. The number of rotatable bonds is 12. The van der Waals surface area contributed by atoms with E-state index in [9.17, 15) is 14.4 Å². The summed E-state index contributed by atoms with van der Waals surface area (Å²) in [6.45, 7) is 9.86. The molecule has 226 valence electrons. The molecule has 0 bridgehead atoms. The van der Waals surface area contributed by atoms with Crippen molar-refractivity contribution in [3.05, 3.63) is 60.2 Å². The Morgan fingerprint density at radius 1 is 0.976 bits per heavy atom. The second kappa shape index (κ2) is 14.2. The predicted octanol–water partition coefficient (Wildman–Crippen LogP) is 2.35. The summed E-state index contributed by atoms with van der Waals surface area (Å²) in [5.74, 6) is -1.52. The lowest BCUT2D eigenvalue weighted by atomic mass is 9.75. The molecule has 2 atom stereocenters. The standard InChI is InChI=1S/C30H42BN5O6/c1-29(2)30(3,4)42-31(41-29)25(12-8-11-22-9-6-5-7-10-22)35-27(38)23(34-28(39)24-21-32-15-16-33-24)13-14-26(37)36-17-19-40-20-18-36/h5-7,9-10,15-16,21,23,25H,8,11-14,17-20H2,1-4H3,(H,34,39)(H,35,38). The molecular formula is C30H42BN5O6. The average molecular weight is 580 g/mol. The van der Waals surface area contributed by atoms with E-state index in [0.717, 1.165) is 12.8 Å². The first-order chi connectivity index (χ1) is 20.1. The third-order valence-electron chi connectivity index (χ3n) is 8.18. The lowest BCUT2D eigenvalue weighted by Gasteiger charge is -2.32. The Morgan fingerprint density at radius 2 is 1.67 bits per heavy atom. The van der Waals surface area contributed by atoms with Crippen LogP contribution in [0.15, 0.2) is 48.9 Å². The fourth-order valence-corrected chi connectivity index (χ4v) is 4.94. The van der Waals surface area contributed by atoms with E-state index in [1.165, 1.54) is 24.2 Å². The summed E-state index contributed by atoms with van der Waals surface area (Å²) in [7, 11) is -0.680. The summed E-state index contributed by atoms with van der Waals surface area (Å²) in [6, 6.07) is 9.16. The minimum atomic E-state index is -0.983. The van der Waals surface area contributed by atoms with Gasteiger partial charge in [0.25, 0.3) is 5.91 Å². The molecule has 0 saturated carbocycles. The summed E-state index contributed by atoms with van der Waals surface area (Å²) in [4.78, 5) is 49.4. The number of carbonyl (C=O) groups excluding carboxylic acids is 3. The Hall–Kier alpha value is -3.35. The maximum Gasteiger partial charge on any atom is 0.481 e. The van der Waals surface area contributed by atoms with Crippen LogP contribution in [0.1, 0.15) is 69.4 Å². The maximum atomic E-state index is 13.8. The molecule has 0 aliphatic carbocycles. The van der Waals surface area contributed by atoms with Crippen LogP contribution in [0.25, 0.3) is 0 Å². The van der Waals surface area contributed by atoms with Crippen LogP contribution < -0.4 is 10.6 Å². The smallest absolute Gasteiger partial charge is 0.402 e. The first-order valence-corrected chi connectivity index (χ1v) is 14.7. The van der Waals surface area contributed by atoms with Gasteiger partial charge in [0.05, 0.1) is 36.6 Å². The first-order valence-electron chi connectivity index (χ1n) is 14.7. The monoisotopic (exact) mass is 579 g/mol. The van der Waals surface area contributed by atoms with Crippen molar-refractivity contribution in [1.29, 1.82) is 0 Å². The van der Waals surface area contributed by atoms with Crippen LogP contribution in [0.5, 0.6) is 0 Å². The maximum absolute atomic E-state index is 13.8. The largest absolute Gasteiger partial charge is 0.481 e. The van der Waals surface area contributed by atoms with Crippen LogP contribution in [-0.4, -0.2) is 89.2 Å². The van der Waals surface area contributed by atoms with E-state index in [1.54, 1.807) is 4.90 Å². The minimum Gasteiger partial charge on any atom is -0.402 e. The molecule has 12 heteroatoms. The van der Waals surface area contributed by atoms with Gasteiger partial charge in [-0.1, -0.05) is 30.3 Å². The first kappa shape index (κ1) is 31.6. The van der Waals surface area contributed by atoms with E-state index in [-0.39, 0.29) is 24.4 Å². The molecule has 0 spiro atoms. The van der Waals surface area contributed by atoms with Gasteiger partial charge in [0.2, 0.25) is 11.8 Å². The SMILES string of the molecule is CC1(C)OB(C(CCCc2ccccc2)NC(=O)C(CCC(=O)N2CCOCC2)NC(=O)c2cnccn2)OC1(C)C. The van der Waals surface area contributed by atoms with Gasteiger partial charge in [-0.2, -0.15) is 0 Å². The summed E-state index contributed by atoms with van der Waals surface area (Å²) in [5, 5.41) is 5.87. The molecule has 2 aromatic rings. The number of benzene rings is 1. The van der Waals surface area contributed by atoms with Crippen molar-refractivity contribution < 1.29 is 28.4 Å². The number of hydrogen-bond donors (Lipinski definition) is 2. The highest BCUT2D eigenvalue weighted by Crippen LogP contribution is 2.38. The molecule has 42 heavy (non-hydrogen) atoms. The Kier molecular flexibility index (Phi) is 10.7. The molecule has 4 rings (SSSR count). The molecule has 3 amide bonds. The van der Waals surface area contributed by atoms with E-state index in [4.69, 9.17) is 14.0 Å². The number of amides is 3. The summed E-state index contributed by atoms with van der Waals surface area (Å²) < 4.78 is 18.0. The van der Waals surface area contributed by atoms with Crippen LogP contribution in [0.4, 0.5) is 0 Å². The van der Waals surface area contributed by atoms with Crippen molar-refractivity contribution >= 4 is 24.8 Å². The van der Waals surface area contributed by atoms with Crippen LogP contribution in [0.2, 0.25) is 0 Å². The quantitative estimate of drug-likeness (QED) is 0.367. The van der Waals surface area contributed by atoms with Gasteiger partial charge >= 0.3 is 7.12 Å². The number of morpholine rings is 1. The topological polar surface area (TPSA) is 132 Å². The fraction of sp³-hybridized carbons (Fsp3) is 0.567. The van der Waals surface area contributed by atoms with Crippen molar-refractivity contribution in [2.75, 3.05) is 26.3 Å².